The van der Waals surface area contributed by atoms with Crippen molar-refractivity contribution in [3.05, 3.63) is 46.7 Å². The summed E-state index contributed by atoms with van der Waals surface area (Å²) < 4.78 is 2.85. The molecule has 1 aromatic heterocycles. The first kappa shape index (κ1) is 9.46. The Morgan fingerprint density at radius 3 is 2.71 bits per heavy atom. The van der Waals surface area contributed by atoms with Gasteiger partial charge in [0, 0.05) is 0 Å². The van der Waals surface area contributed by atoms with E-state index in [0.29, 0.717) is 0 Å². The molecule has 14 heavy (non-hydrogen) atoms. The first-order valence-electron chi connectivity index (χ1n) is 4.53. The van der Waals surface area contributed by atoms with Crippen LogP contribution < -0.4 is 0 Å². The van der Waals surface area contributed by atoms with Gasteiger partial charge in [0.25, 0.3) is 0 Å². The average Bonchev–Trinajstić information content (AvgIpc) is 2.61. The zero-order valence-electron chi connectivity index (χ0n) is 7.87. The van der Waals surface area contributed by atoms with Crippen LogP contribution in [-0.4, -0.2) is 9.78 Å². The molecule has 0 saturated carbocycles. The summed E-state index contributed by atoms with van der Waals surface area (Å²) in [5.74, 6) is 0. The average molecular weight is 250 g/mol. The molecule has 0 amide bonds. The summed E-state index contributed by atoms with van der Waals surface area (Å²) in [7, 11) is 0. The highest BCUT2D eigenvalue weighted by atomic mass is 79.9. The standard InChI is InChI=1S/C11H10BrN2/c1-2-11-10(12)8-13-14(11)9-6-4-3-5-7-9/h3-7H,2H2,1H3. The van der Waals surface area contributed by atoms with Gasteiger partial charge in [-0.2, -0.15) is 5.10 Å². The number of aromatic nitrogens is 2. The normalized spacial score (nSPS) is 10.4. The number of hydrogen-bond donors (Lipinski definition) is 0. The van der Waals surface area contributed by atoms with Gasteiger partial charge in [-0.1, -0.05) is 25.1 Å². The minimum Gasteiger partial charge on any atom is -0.236 e. The summed E-state index contributed by atoms with van der Waals surface area (Å²) in [5.41, 5.74) is 2.22. The van der Waals surface area contributed by atoms with E-state index >= 15 is 0 Å². The van der Waals surface area contributed by atoms with Crippen molar-refractivity contribution in [3.8, 4) is 5.69 Å². The molecule has 0 fully saturated rings. The van der Waals surface area contributed by atoms with Gasteiger partial charge in [-0.05, 0) is 34.5 Å². The second-order valence-corrected chi connectivity index (χ2v) is 3.77. The van der Waals surface area contributed by atoms with E-state index < -0.39 is 0 Å². The van der Waals surface area contributed by atoms with E-state index in [-0.39, 0.29) is 0 Å². The highest BCUT2D eigenvalue weighted by Gasteiger charge is 2.07. The lowest BCUT2D eigenvalue weighted by atomic mass is 10.3. The van der Waals surface area contributed by atoms with Crippen molar-refractivity contribution in [1.29, 1.82) is 0 Å². The molecule has 0 aliphatic carbocycles. The van der Waals surface area contributed by atoms with Crippen molar-refractivity contribution >= 4 is 15.9 Å². The third-order valence-electron chi connectivity index (χ3n) is 2.09. The quantitative estimate of drug-likeness (QED) is 0.801. The molecule has 0 aliphatic rings. The van der Waals surface area contributed by atoms with Crippen molar-refractivity contribution in [3.63, 3.8) is 0 Å². The second-order valence-electron chi connectivity index (χ2n) is 2.97. The molecule has 0 N–H and O–H groups in total. The Labute approximate surface area is 91.7 Å². The van der Waals surface area contributed by atoms with E-state index in [1.165, 1.54) is 0 Å². The fraction of sp³-hybridized carbons (Fsp3) is 0.182. The number of halogens is 1. The molecule has 0 spiro atoms. The third kappa shape index (κ3) is 1.60. The Morgan fingerprint density at radius 1 is 1.36 bits per heavy atom. The van der Waals surface area contributed by atoms with Gasteiger partial charge in [-0.25, -0.2) is 4.68 Å². The lowest BCUT2D eigenvalue weighted by molar-refractivity contribution is 0.811. The molecular weight excluding hydrogens is 240 g/mol. The van der Waals surface area contributed by atoms with Crippen molar-refractivity contribution in [2.24, 2.45) is 0 Å². The molecule has 71 valence electrons. The Kier molecular flexibility index (Phi) is 2.68. The molecule has 2 nitrogen and oxygen atoms in total. The van der Waals surface area contributed by atoms with Gasteiger partial charge in [0.1, 0.15) is 6.20 Å². The zero-order chi connectivity index (χ0) is 9.97. The Hall–Kier alpha value is -1.09. The van der Waals surface area contributed by atoms with Gasteiger partial charge >= 0.3 is 0 Å². The molecule has 1 aromatic carbocycles. The van der Waals surface area contributed by atoms with Crippen LogP contribution >= 0.6 is 15.9 Å². The minimum absolute atomic E-state index is 0.936. The van der Waals surface area contributed by atoms with E-state index in [2.05, 4.69) is 34.1 Å². The molecule has 0 unspecified atom stereocenters. The second kappa shape index (κ2) is 3.96. The largest absolute Gasteiger partial charge is 0.236 e. The topological polar surface area (TPSA) is 17.8 Å². The smallest absolute Gasteiger partial charge is 0.129 e. The van der Waals surface area contributed by atoms with E-state index in [4.69, 9.17) is 0 Å². The van der Waals surface area contributed by atoms with Gasteiger partial charge < -0.3 is 0 Å². The number of nitrogens with zero attached hydrogens (tertiary/aromatic N) is 2. The van der Waals surface area contributed by atoms with Gasteiger partial charge in [0.15, 0.2) is 0 Å². The zero-order valence-corrected chi connectivity index (χ0v) is 9.45. The molecule has 1 radical (unpaired) electrons. The van der Waals surface area contributed by atoms with Gasteiger partial charge in [0.05, 0.1) is 15.9 Å². The highest BCUT2D eigenvalue weighted by molar-refractivity contribution is 9.10. The molecule has 0 atom stereocenters. The van der Waals surface area contributed by atoms with E-state index in [1.807, 2.05) is 35.0 Å². The van der Waals surface area contributed by atoms with Crippen molar-refractivity contribution in [2.75, 3.05) is 0 Å². The van der Waals surface area contributed by atoms with Crippen LogP contribution in [0.2, 0.25) is 0 Å². The maximum atomic E-state index is 4.20. The number of rotatable bonds is 2. The Bertz CT molecular complexity index is 420. The van der Waals surface area contributed by atoms with Crippen LogP contribution in [0.4, 0.5) is 0 Å². The van der Waals surface area contributed by atoms with Crippen LogP contribution in [0.3, 0.4) is 0 Å². The molecule has 0 aliphatic heterocycles. The Balaban J connectivity index is 2.52. The van der Waals surface area contributed by atoms with Crippen LogP contribution in [0, 0.1) is 6.20 Å². The molecule has 2 aromatic rings. The Morgan fingerprint density at radius 2 is 2.07 bits per heavy atom. The monoisotopic (exact) mass is 249 g/mol. The number of hydrogen-bond acceptors (Lipinski definition) is 1. The summed E-state index contributed by atoms with van der Waals surface area (Å²) >= 11 is 3.44. The van der Waals surface area contributed by atoms with Crippen LogP contribution in [0.1, 0.15) is 12.6 Å². The predicted molar refractivity (Wildman–Crippen MR) is 59.5 cm³/mol. The summed E-state index contributed by atoms with van der Waals surface area (Å²) in [5, 5.41) is 4.20. The third-order valence-corrected chi connectivity index (χ3v) is 2.73. The summed E-state index contributed by atoms with van der Waals surface area (Å²) in [6.45, 7) is 2.11. The van der Waals surface area contributed by atoms with E-state index in [9.17, 15) is 0 Å². The van der Waals surface area contributed by atoms with E-state index in [1.54, 1.807) is 0 Å². The summed E-state index contributed by atoms with van der Waals surface area (Å²) in [6.07, 6.45) is 3.85. The first-order chi connectivity index (χ1) is 6.83. The van der Waals surface area contributed by atoms with Crippen molar-refractivity contribution in [2.45, 2.75) is 13.3 Å². The predicted octanol–water partition coefficient (Wildman–Crippen LogP) is 3.00. The van der Waals surface area contributed by atoms with Crippen LogP contribution in [-0.2, 0) is 6.42 Å². The maximum absolute atomic E-state index is 4.20. The molecule has 3 heteroatoms. The summed E-state index contributed by atoms with van der Waals surface area (Å²) in [4.78, 5) is 0. The number of benzene rings is 1. The van der Waals surface area contributed by atoms with Crippen molar-refractivity contribution < 1.29 is 0 Å². The fourth-order valence-electron chi connectivity index (χ4n) is 1.40. The van der Waals surface area contributed by atoms with E-state index in [0.717, 1.165) is 22.3 Å². The van der Waals surface area contributed by atoms with Gasteiger partial charge in [-0.15, -0.1) is 0 Å². The van der Waals surface area contributed by atoms with Crippen molar-refractivity contribution in [1.82, 2.24) is 9.78 Å². The number of para-hydroxylation sites is 1. The molecule has 0 bridgehead atoms. The maximum Gasteiger partial charge on any atom is 0.129 e. The molecule has 1 heterocycles. The molecular formula is C11H10BrN2. The SMILES string of the molecule is CCc1c(Br)[c]nn1-c1ccccc1. The lowest BCUT2D eigenvalue weighted by Crippen LogP contribution is -2.00. The first-order valence-corrected chi connectivity index (χ1v) is 5.32. The van der Waals surface area contributed by atoms with Crippen LogP contribution in [0.5, 0.6) is 0 Å². The van der Waals surface area contributed by atoms with Gasteiger partial charge in [0.2, 0.25) is 0 Å². The summed E-state index contributed by atoms with van der Waals surface area (Å²) in [6, 6.07) is 10.1. The minimum atomic E-state index is 0.936. The van der Waals surface area contributed by atoms with Crippen LogP contribution in [0.25, 0.3) is 5.69 Å². The van der Waals surface area contributed by atoms with Crippen LogP contribution in [0.15, 0.2) is 34.8 Å². The lowest BCUT2D eigenvalue weighted by Gasteiger charge is -2.05. The molecule has 2 rings (SSSR count). The van der Waals surface area contributed by atoms with Gasteiger partial charge in [-0.3, -0.25) is 0 Å². The highest BCUT2D eigenvalue weighted by Crippen LogP contribution is 2.19. The fourth-order valence-corrected chi connectivity index (χ4v) is 1.93. The molecule has 0 saturated heterocycles.